The lowest BCUT2D eigenvalue weighted by Crippen LogP contribution is -2.25. The van der Waals surface area contributed by atoms with Crippen molar-refractivity contribution in [3.05, 3.63) is 58.9 Å². The summed E-state index contributed by atoms with van der Waals surface area (Å²) in [6, 6.07) is 15.1. The number of ether oxygens (including phenoxy) is 2. The number of benzene rings is 2. The van der Waals surface area contributed by atoms with Crippen LogP contribution in [0.5, 0.6) is 11.5 Å². The first-order valence-corrected chi connectivity index (χ1v) is 8.20. The summed E-state index contributed by atoms with van der Waals surface area (Å²) in [6.45, 7) is 3.77. The fraction of sp³-hybridized carbons (Fsp3) is 0.222. The minimum Gasteiger partial charge on any atom is -0.497 e. The van der Waals surface area contributed by atoms with E-state index in [0.29, 0.717) is 17.5 Å². The topological polar surface area (TPSA) is 57.4 Å². The van der Waals surface area contributed by atoms with Gasteiger partial charge < -0.3 is 14.0 Å². The highest BCUT2D eigenvalue weighted by atomic mass is 79.9. The molecule has 0 amide bonds. The number of rotatable bonds is 5. The monoisotopic (exact) mass is 388 g/mol. The Hall–Kier alpha value is -2.34. The zero-order valence-corrected chi connectivity index (χ0v) is 15.2. The van der Waals surface area contributed by atoms with Crippen molar-refractivity contribution < 1.29 is 14.0 Å². The van der Waals surface area contributed by atoms with Crippen LogP contribution in [0.25, 0.3) is 11.4 Å². The van der Waals surface area contributed by atoms with Crippen LogP contribution in [0.1, 0.15) is 19.7 Å². The van der Waals surface area contributed by atoms with E-state index >= 15 is 0 Å². The van der Waals surface area contributed by atoms with E-state index in [1.165, 1.54) is 0 Å². The van der Waals surface area contributed by atoms with Crippen LogP contribution >= 0.6 is 15.9 Å². The molecular formula is C18H17BrN2O3. The molecule has 0 spiro atoms. The van der Waals surface area contributed by atoms with Gasteiger partial charge in [0, 0.05) is 10.0 Å². The average Bonchev–Trinajstić information content (AvgIpc) is 3.07. The Balaban J connectivity index is 1.80. The maximum atomic E-state index is 6.00. The summed E-state index contributed by atoms with van der Waals surface area (Å²) in [5.41, 5.74) is 0.128. The molecule has 0 atom stereocenters. The van der Waals surface area contributed by atoms with Gasteiger partial charge in [-0.2, -0.15) is 4.98 Å². The molecule has 5 nitrogen and oxygen atoms in total. The maximum absolute atomic E-state index is 6.00. The molecule has 0 aliphatic carbocycles. The molecule has 0 aliphatic rings. The van der Waals surface area contributed by atoms with Gasteiger partial charge in [0.15, 0.2) is 5.60 Å². The highest BCUT2D eigenvalue weighted by Crippen LogP contribution is 2.29. The molecule has 124 valence electrons. The molecule has 0 saturated carbocycles. The number of methoxy groups -OCH3 is 1. The Labute approximate surface area is 148 Å². The molecule has 2 aromatic carbocycles. The molecule has 3 rings (SSSR count). The Morgan fingerprint density at radius 2 is 1.58 bits per heavy atom. The normalized spacial score (nSPS) is 11.3. The van der Waals surface area contributed by atoms with Gasteiger partial charge in [0.05, 0.1) is 7.11 Å². The minimum atomic E-state index is -0.755. The molecule has 0 bridgehead atoms. The van der Waals surface area contributed by atoms with E-state index < -0.39 is 5.60 Å². The Morgan fingerprint density at radius 1 is 0.958 bits per heavy atom. The third-order valence-corrected chi connectivity index (χ3v) is 4.00. The van der Waals surface area contributed by atoms with E-state index in [0.717, 1.165) is 15.8 Å². The van der Waals surface area contributed by atoms with Crippen LogP contribution < -0.4 is 9.47 Å². The fourth-order valence-electron chi connectivity index (χ4n) is 2.17. The van der Waals surface area contributed by atoms with Crippen molar-refractivity contribution in [3.63, 3.8) is 0 Å². The third kappa shape index (κ3) is 3.59. The molecule has 0 unspecified atom stereocenters. The van der Waals surface area contributed by atoms with Gasteiger partial charge in [-0.15, -0.1) is 0 Å². The third-order valence-electron chi connectivity index (χ3n) is 3.48. The molecule has 0 fully saturated rings. The summed E-state index contributed by atoms with van der Waals surface area (Å²) in [4.78, 5) is 4.47. The van der Waals surface area contributed by atoms with E-state index in [1.54, 1.807) is 7.11 Å². The van der Waals surface area contributed by atoms with E-state index in [9.17, 15) is 0 Å². The summed E-state index contributed by atoms with van der Waals surface area (Å²) >= 11 is 3.41. The lowest BCUT2D eigenvalue weighted by Gasteiger charge is -2.22. The lowest BCUT2D eigenvalue weighted by atomic mass is 10.1. The van der Waals surface area contributed by atoms with E-state index in [4.69, 9.17) is 14.0 Å². The summed E-state index contributed by atoms with van der Waals surface area (Å²) < 4.78 is 17.5. The smallest absolute Gasteiger partial charge is 0.270 e. The molecule has 1 aromatic heterocycles. The molecule has 0 aliphatic heterocycles. The van der Waals surface area contributed by atoms with Crippen molar-refractivity contribution in [1.82, 2.24) is 10.1 Å². The maximum Gasteiger partial charge on any atom is 0.270 e. The molecule has 6 heteroatoms. The molecule has 0 saturated heterocycles. The predicted molar refractivity (Wildman–Crippen MR) is 94.1 cm³/mol. The Kier molecular flexibility index (Phi) is 4.57. The SMILES string of the molecule is COc1ccc(OC(C)(C)c2nc(-c3ccc(Br)cc3)no2)cc1. The summed E-state index contributed by atoms with van der Waals surface area (Å²) in [7, 11) is 1.63. The molecule has 0 radical (unpaired) electrons. The highest BCUT2D eigenvalue weighted by molar-refractivity contribution is 9.10. The second-order valence-electron chi connectivity index (χ2n) is 5.72. The van der Waals surface area contributed by atoms with Gasteiger partial charge in [-0.3, -0.25) is 0 Å². The summed E-state index contributed by atoms with van der Waals surface area (Å²) in [5, 5.41) is 4.05. The van der Waals surface area contributed by atoms with Crippen LogP contribution in [0, 0.1) is 0 Å². The molecule has 3 aromatic rings. The van der Waals surface area contributed by atoms with Crippen molar-refractivity contribution >= 4 is 15.9 Å². The number of nitrogens with zero attached hydrogens (tertiary/aromatic N) is 2. The van der Waals surface area contributed by atoms with Crippen molar-refractivity contribution in [2.24, 2.45) is 0 Å². The first-order valence-electron chi connectivity index (χ1n) is 7.41. The average molecular weight is 389 g/mol. The number of aromatic nitrogens is 2. The zero-order chi connectivity index (χ0) is 17.2. The lowest BCUT2D eigenvalue weighted by molar-refractivity contribution is 0.0691. The quantitative estimate of drug-likeness (QED) is 0.626. The minimum absolute atomic E-state index is 0.413. The largest absolute Gasteiger partial charge is 0.497 e. The first-order chi connectivity index (χ1) is 11.5. The fourth-order valence-corrected chi connectivity index (χ4v) is 2.43. The predicted octanol–water partition coefficient (Wildman–Crippen LogP) is 4.82. The van der Waals surface area contributed by atoms with Gasteiger partial charge in [0.25, 0.3) is 5.89 Å². The van der Waals surface area contributed by atoms with E-state index in [2.05, 4.69) is 26.1 Å². The Bertz CT molecular complexity index is 811. The molecule has 24 heavy (non-hydrogen) atoms. The zero-order valence-electron chi connectivity index (χ0n) is 13.6. The van der Waals surface area contributed by atoms with Gasteiger partial charge in [-0.25, -0.2) is 0 Å². The van der Waals surface area contributed by atoms with Gasteiger partial charge in [0.2, 0.25) is 5.82 Å². The van der Waals surface area contributed by atoms with Crippen LogP contribution in [-0.2, 0) is 5.60 Å². The van der Waals surface area contributed by atoms with Crippen LogP contribution in [0.3, 0.4) is 0 Å². The van der Waals surface area contributed by atoms with Gasteiger partial charge in [0.1, 0.15) is 11.5 Å². The standard InChI is InChI=1S/C18H17BrN2O3/c1-18(2,23-15-10-8-14(22-3)9-11-15)17-20-16(21-24-17)12-4-6-13(19)7-5-12/h4-11H,1-3H3. The highest BCUT2D eigenvalue weighted by Gasteiger charge is 2.30. The van der Waals surface area contributed by atoms with Gasteiger partial charge in [-0.1, -0.05) is 21.1 Å². The van der Waals surface area contributed by atoms with Crippen molar-refractivity contribution in [2.75, 3.05) is 7.11 Å². The molecular weight excluding hydrogens is 372 g/mol. The van der Waals surface area contributed by atoms with Crippen LogP contribution in [0.2, 0.25) is 0 Å². The molecule has 1 heterocycles. The second-order valence-corrected chi connectivity index (χ2v) is 6.63. The number of hydrogen-bond acceptors (Lipinski definition) is 5. The van der Waals surface area contributed by atoms with E-state index in [-0.39, 0.29) is 0 Å². The first kappa shape index (κ1) is 16.5. The van der Waals surface area contributed by atoms with Crippen LogP contribution in [0.4, 0.5) is 0 Å². The van der Waals surface area contributed by atoms with E-state index in [1.807, 2.05) is 62.4 Å². The van der Waals surface area contributed by atoms with Crippen molar-refractivity contribution in [1.29, 1.82) is 0 Å². The number of halogens is 1. The van der Waals surface area contributed by atoms with Crippen LogP contribution in [-0.4, -0.2) is 17.3 Å². The van der Waals surface area contributed by atoms with Crippen LogP contribution in [0.15, 0.2) is 57.5 Å². The summed E-state index contributed by atoms with van der Waals surface area (Å²) in [6.07, 6.45) is 0. The van der Waals surface area contributed by atoms with Crippen molar-refractivity contribution in [2.45, 2.75) is 19.4 Å². The van der Waals surface area contributed by atoms with Gasteiger partial charge >= 0.3 is 0 Å². The molecule has 0 N–H and O–H groups in total. The van der Waals surface area contributed by atoms with Gasteiger partial charge in [-0.05, 0) is 62.4 Å². The summed E-state index contributed by atoms with van der Waals surface area (Å²) in [5.74, 6) is 2.42. The Morgan fingerprint density at radius 3 is 2.21 bits per heavy atom. The number of hydrogen-bond donors (Lipinski definition) is 0. The van der Waals surface area contributed by atoms with Crippen molar-refractivity contribution in [3.8, 4) is 22.9 Å². The second kappa shape index (κ2) is 6.65.